The molecule has 1 aromatic carbocycles. The van der Waals surface area contributed by atoms with E-state index >= 15 is 0 Å². The second-order valence-electron chi connectivity index (χ2n) is 6.02. The highest BCUT2D eigenvalue weighted by Crippen LogP contribution is 2.32. The number of hydrogen-bond donors (Lipinski definition) is 1. The first kappa shape index (κ1) is 15.3. The lowest BCUT2D eigenvalue weighted by Gasteiger charge is -2.40. The van der Waals surface area contributed by atoms with E-state index in [1.165, 1.54) is 31.2 Å². The van der Waals surface area contributed by atoms with Crippen molar-refractivity contribution in [2.45, 2.75) is 44.7 Å². The van der Waals surface area contributed by atoms with Crippen molar-refractivity contribution >= 4 is 0 Å². The quantitative estimate of drug-likeness (QED) is 0.897. The Morgan fingerprint density at radius 1 is 1.25 bits per heavy atom. The molecule has 0 aromatic heterocycles. The summed E-state index contributed by atoms with van der Waals surface area (Å²) in [6, 6.07) is 9.28. The molecule has 0 spiro atoms. The highest BCUT2D eigenvalue weighted by atomic mass is 16.5. The number of ether oxygens (including phenoxy) is 1. The van der Waals surface area contributed by atoms with Crippen molar-refractivity contribution in [3.8, 4) is 5.75 Å². The Morgan fingerprint density at radius 2 is 1.90 bits per heavy atom. The average Bonchev–Trinajstić information content (AvgIpc) is 2.49. The number of methoxy groups -OCH3 is 1. The molecule has 3 unspecified atom stereocenters. The predicted molar refractivity (Wildman–Crippen MR) is 84.0 cm³/mol. The Balaban J connectivity index is 2.13. The van der Waals surface area contributed by atoms with Gasteiger partial charge in [-0.15, -0.1) is 0 Å². The molecular formula is C17H28N2O. The number of hydrogen-bond acceptors (Lipinski definition) is 3. The Morgan fingerprint density at radius 3 is 2.45 bits per heavy atom. The van der Waals surface area contributed by atoms with Gasteiger partial charge in [0.1, 0.15) is 5.75 Å². The van der Waals surface area contributed by atoms with Gasteiger partial charge in [-0.1, -0.05) is 31.9 Å². The molecule has 112 valence electrons. The maximum absolute atomic E-state index is 6.06. The van der Waals surface area contributed by atoms with Crippen molar-refractivity contribution in [1.29, 1.82) is 0 Å². The molecule has 3 nitrogen and oxygen atoms in total. The van der Waals surface area contributed by atoms with Crippen LogP contribution in [0.2, 0.25) is 0 Å². The average molecular weight is 276 g/mol. The molecule has 0 amide bonds. The van der Waals surface area contributed by atoms with Crippen LogP contribution in [0.25, 0.3) is 0 Å². The smallest absolute Gasteiger partial charge is 0.118 e. The van der Waals surface area contributed by atoms with Crippen molar-refractivity contribution in [2.24, 2.45) is 11.7 Å². The van der Waals surface area contributed by atoms with Crippen LogP contribution in [-0.4, -0.2) is 31.6 Å². The number of likely N-dealkylation sites (N-methyl/N-ethyl adjacent to an activating group) is 1. The van der Waals surface area contributed by atoms with E-state index in [1.54, 1.807) is 7.11 Å². The van der Waals surface area contributed by atoms with Crippen LogP contribution in [-0.2, 0) is 0 Å². The minimum atomic E-state index is 0.298. The maximum atomic E-state index is 6.06. The van der Waals surface area contributed by atoms with Crippen LogP contribution in [0.1, 0.15) is 44.2 Å². The van der Waals surface area contributed by atoms with E-state index in [-0.39, 0.29) is 0 Å². The molecule has 1 aliphatic carbocycles. The summed E-state index contributed by atoms with van der Waals surface area (Å²) in [6.07, 6.45) is 5.36. The van der Waals surface area contributed by atoms with Gasteiger partial charge in [-0.3, -0.25) is 4.90 Å². The molecule has 0 saturated heterocycles. The van der Waals surface area contributed by atoms with Crippen LogP contribution in [0.15, 0.2) is 24.3 Å². The zero-order valence-electron chi connectivity index (χ0n) is 13.0. The lowest BCUT2D eigenvalue weighted by Crippen LogP contribution is -2.43. The van der Waals surface area contributed by atoms with Gasteiger partial charge in [0.15, 0.2) is 0 Å². The third kappa shape index (κ3) is 3.33. The normalized spacial score (nSPS) is 24.6. The second kappa shape index (κ2) is 7.09. The molecule has 3 atom stereocenters. The maximum Gasteiger partial charge on any atom is 0.118 e. The Hall–Kier alpha value is -1.06. The van der Waals surface area contributed by atoms with Gasteiger partial charge in [0.2, 0.25) is 0 Å². The fraction of sp³-hybridized carbons (Fsp3) is 0.647. The minimum Gasteiger partial charge on any atom is -0.497 e. The third-order valence-electron chi connectivity index (χ3n) is 4.80. The SMILES string of the molecule is COc1ccc(C(CN)N(C)C2CCCCC2C)cc1. The Bertz CT molecular complexity index is 404. The molecule has 0 radical (unpaired) electrons. The van der Waals surface area contributed by atoms with E-state index in [2.05, 4.69) is 31.0 Å². The largest absolute Gasteiger partial charge is 0.497 e. The van der Waals surface area contributed by atoms with E-state index in [0.29, 0.717) is 18.6 Å². The van der Waals surface area contributed by atoms with E-state index in [1.807, 2.05) is 12.1 Å². The molecule has 2 N–H and O–H groups in total. The highest BCUT2D eigenvalue weighted by Gasteiger charge is 2.29. The van der Waals surface area contributed by atoms with Crippen molar-refractivity contribution in [3.05, 3.63) is 29.8 Å². The van der Waals surface area contributed by atoms with Crippen molar-refractivity contribution in [1.82, 2.24) is 4.90 Å². The summed E-state index contributed by atoms with van der Waals surface area (Å²) < 4.78 is 5.23. The number of nitrogens with two attached hydrogens (primary N) is 1. The summed E-state index contributed by atoms with van der Waals surface area (Å²) in [5.41, 5.74) is 7.34. The fourth-order valence-corrected chi connectivity index (χ4v) is 3.50. The summed E-state index contributed by atoms with van der Waals surface area (Å²) >= 11 is 0. The highest BCUT2D eigenvalue weighted by molar-refractivity contribution is 5.29. The summed E-state index contributed by atoms with van der Waals surface area (Å²) in [7, 11) is 3.93. The molecule has 0 heterocycles. The Kier molecular flexibility index (Phi) is 5.44. The molecule has 1 aliphatic rings. The van der Waals surface area contributed by atoms with Crippen LogP contribution in [0.3, 0.4) is 0 Å². The lowest BCUT2D eigenvalue weighted by atomic mass is 9.84. The topological polar surface area (TPSA) is 38.5 Å². The van der Waals surface area contributed by atoms with Crippen molar-refractivity contribution in [3.63, 3.8) is 0 Å². The molecule has 20 heavy (non-hydrogen) atoms. The lowest BCUT2D eigenvalue weighted by molar-refractivity contribution is 0.0992. The van der Waals surface area contributed by atoms with Crippen molar-refractivity contribution in [2.75, 3.05) is 20.7 Å². The zero-order chi connectivity index (χ0) is 14.5. The van der Waals surface area contributed by atoms with Gasteiger partial charge in [0.05, 0.1) is 7.11 Å². The van der Waals surface area contributed by atoms with Crippen LogP contribution in [0, 0.1) is 5.92 Å². The summed E-state index contributed by atoms with van der Waals surface area (Å²) in [6.45, 7) is 3.04. The minimum absolute atomic E-state index is 0.298. The third-order valence-corrected chi connectivity index (χ3v) is 4.80. The van der Waals surface area contributed by atoms with E-state index in [4.69, 9.17) is 10.5 Å². The number of benzene rings is 1. The van der Waals surface area contributed by atoms with Crippen LogP contribution in [0.4, 0.5) is 0 Å². The molecule has 0 aliphatic heterocycles. The summed E-state index contributed by atoms with van der Waals surface area (Å²) in [5, 5.41) is 0. The van der Waals surface area contributed by atoms with Gasteiger partial charge in [-0.05, 0) is 43.5 Å². The second-order valence-corrected chi connectivity index (χ2v) is 6.02. The Labute approximate surface area is 123 Å². The standard InChI is InChI=1S/C17H28N2O/c1-13-6-4-5-7-16(13)19(2)17(12-18)14-8-10-15(20-3)11-9-14/h8-11,13,16-17H,4-7,12,18H2,1-3H3. The van der Waals surface area contributed by atoms with Crippen LogP contribution < -0.4 is 10.5 Å². The van der Waals surface area contributed by atoms with E-state index < -0.39 is 0 Å². The van der Waals surface area contributed by atoms with Gasteiger partial charge in [0, 0.05) is 18.6 Å². The molecule has 3 heteroatoms. The summed E-state index contributed by atoms with van der Waals surface area (Å²) in [4.78, 5) is 2.49. The summed E-state index contributed by atoms with van der Waals surface area (Å²) in [5.74, 6) is 1.67. The number of rotatable bonds is 5. The van der Waals surface area contributed by atoms with Gasteiger partial charge in [-0.25, -0.2) is 0 Å². The molecule has 2 rings (SSSR count). The van der Waals surface area contributed by atoms with Gasteiger partial charge in [0.25, 0.3) is 0 Å². The number of nitrogens with zero attached hydrogens (tertiary/aromatic N) is 1. The molecule has 0 bridgehead atoms. The van der Waals surface area contributed by atoms with Gasteiger partial charge in [-0.2, -0.15) is 0 Å². The first-order chi connectivity index (χ1) is 9.67. The van der Waals surface area contributed by atoms with Gasteiger partial charge >= 0.3 is 0 Å². The first-order valence-corrected chi connectivity index (χ1v) is 7.73. The van der Waals surface area contributed by atoms with Crippen LogP contribution in [0.5, 0.6) is 5.75 Å². The molecule has 1 aromatic rings. The zero-order valence-corrected chi connectivity index (χ0v) is 13.0. The molecule has 1 saturated carbocycles. The van der Waals surface area contributed by atoms with Crippen molar-refractivity contribution < 1.29 is 4.74 Å². The fourth-order valence-electron chi connectivity index (χ4n) is 3.50. The van der Waals surface area contributed by atoms with E-state index in [9.17, 15) is 0 Å². The predicted octanol–water partition coefficient (Wildman–Crippen LogP) is 3.21. The van der Waals surface area contributed by atoms with Crippen LogP contribution >= 0.6 is 0 Å². The molecular weight excluding hydrogens is 248 g/mol. The van der Waals surface area contributed by atoms with E-state index in [0.717, 1.165) is 11.7 Å². The first-order valence-electron chi connectivity index (χ1n) is 7.73. The molecule has 1 fully saturated rings. The monoisotopic (exact) mass is 276 g/mol. The van der Waals surface area contributed by atoms with Gasteiger partial charge < -0.3 is 10.5 Å².